The molecule has 3 heterocycles. The van der Waals surface area contributed by atoms with E-state index in [9.17, 15) is 4.79 Å². The molecule has 1 fully saturated rings. The highest BCUT2D eigenvalue weighted by atomic mass is 16.6. The first-order valence-electron chi connectivity index (χ1n) is 9.43. The minimum atomic E-state index is -0.234. The maximum atomic E-state index is 11.8. The lowest BCUT2D eigenvalue weighted by molar-refractivity contribution is 0.0915. The fourth-order valence-electron chi connectivity index (χ4n) is 3.28. The van der Waals surface area contributed by atoms with Crippen molar-refractivity contribution in [3.63, 3.8) is 0 Å². The number of hydrogen-bond acceptors (Lipinski definition) is 4. The third-order valence-electron chi connectivity index (χ3n) is 4.71. The number of aromatic nitrogens is 2. The average Bonchev–Trinajstić information content (AvgIpc) is 3.10. The van der Waals surface area contributed by atoms with Gasteiger partial charge in [-0.05, 0) is 25.5 Å². The predicted molar refractivity (Wildman–Crippen MR) is 105 cm³/mol. The molecule has 0 atom stereocenters. The Hall–Kier alpha value is -2.77. The molecule has 1 saturated heterocycles. The van der Waals surface area contributed by atoms with Crippen LogP contribution in [0.3, 0.4) is 0 Å². The predicted octanol–water partition coefficient (Wildman–Crippen LogP) is 1.53. The van der Waals surface area contributed by atoms with E-state index in [-0.39, 0.29) is 6.09 Å². The number of carbonyl (C=O) groups is 1. The second-order valence-corrected chi connectivity index (χ2v) is 6.55. The molecular formula is C19H28N6O2. The van der Waals surface area contributed by atoms with Gasteiger partial charge in [0.05, 0.1) is 12.3 Å². The number of rotatable bonds is 4. The van der Waals surface area contributed by atoms with Crippen molar-refractivity contribution in [3.05, 3.63) is 35.8 Å². The van der Waals surface area contributed by atoms with Crippen molar-refractivity contribution in [3.8, 4) is 0 Å². The van der Waals surface area contributed by atoms with E-state index in [1.807, 2.05) is 19.2 Å². The number of imidazole rings is 1. The normalized spacial score (nSPS) is 15.3. The van der Waals surface area contributed by atoms with E-state index in [1.54, 1.807) is 11.9 Å². The van der Waals surface area contributed by atoms with E-state index < -0.39 is 0 Å². The van der Waals surface area contributed by atoms with Crippen molar-refractivity contribution >= 4 is 17.7 Å². The number of piperazine rings is 1. The largest absolute Gasteiger partial charge is 0.450 e. The van der Waals surface area contributed by atoms with Gasteiger partial charge in [0.2, 0.25) is 0 Å². The Morgan fingerprint density at radius 2 is 2.04 bits per heavy atom. The molecule has 1 aliphatic rings. The lowest BCUT2D eigenvalue weighted by Gasteiger charge is -2.35. The molecule has 0 unspecified atom stereocenters. The van der Waals surface area contributed by atoms with E-state index in [0.29, 0.717) is 19.7 Å². The molecule has 1 aliphatic heterocycles. The highest BCUT2D eigenvalue weighted by Gasteiger charge is 2.23. The number of amides is 1. The van der Waals surface area contributed by atoms with Gasteiger partial charge < -0.3 is 24.3 Å². The van der Waals surface area contributed by atoms with Crippen LogP contribution in [0.4, 0.5) is 4.79 Å². The fourth-order valence-corrected chi connectivity index (χ4v) is 3.28. The summed E-state index contributed by atoms with van der Waals surface area (Å²) in [7, 11) is 1.79. The van der Waals surface area contributed by atoms with Crippen LogP contribution >= 0.6 is 0 Å². The van der Waals surface area contributed by atoms with E-state index in [0.717, 1.165) is 43.4 Å². The molecule has 8 nitrogen and oxygen atoms in total. The Morgan fingerprint density at radius 1 is 1.30 bits per heavy atom. The molecule has 2 aromatic heterocycles. The maximum absolute atomic E-state index is 11.8. The van der Waals surface area contributed by atoms with Crippen molar-refractivity contribution in [1.82, 2.24) is 24.5 Å². The lowest BCUT2D eigenvalue weighted by Crippen LogP contribution is -2.54. The second kappa shape index (κ2) is 8.75. The minimum absolute atomic E-state index is 0.234. The summed E-state index contributed by atoms with van der Waals surface area (Å²) in [4.78, 5) is 24.8. The number of carbonyl (C=O) groups excluding carboxylic acids is 1. The van der Waals surface area contributed by atoms with Crippen LogP contribution in [0.25, 0.3) is 5.65 Å². The van der Waals surface area contributed by atoms with Crippen molar-refractivity contribution in [2.45, 2.75) is 20.3 Å². The monoisotopic (exact) mass is 372 g/mol. The number of ether oxygens (including phenoxy) is 1. The van der Waals surface area contributed by atoms with Gasteiger partial charge in [-0.15, -0.1) is 0 Å². The van der Waals surface area contributed by atoms with Crippen molar-refractivity contribution in [2.24, 2.45) is 4.99 Å². The maximum Gasteiger partial charge on any atom is 0.409 e. The summed E-state index contributed by atoms with van der Waals surface area (Å²) in [5.41, 5.74) is 3.23. The molecule has 0 aliphatic carbocycles. The van der Waals surface area contributed by atoms with Gasteiger partial charge in [0.1, 0.15) is 5.65 Å². The van der Waals surface area contributed by atoms with Crippen LogP contribution in [0.15, 0.2) is 29.5 Å². The summed E-state index contributed by atoms with van der Waals surface area (Å²) in [6.07, 6.45) is 4.68. The zero-order chi connectivity index (χ0) is 19.2. The minimum Gasteiger partial charge on any atom is -0.450 e. The Kier molecular flexibility index (Phi) is 6.16. The number of pyridine rings is 1. The highest BCUT2D eigenvalue weighted by molar-refractivity contribution is 5.80. The highest BCUT2D eigenvalue weighted by Crippen LogP contribution is 2.10. The average molecular weight is 372 g/mol. The van der Waals surface area contributed by atoms with E-state index in [1.165, 1.54) is 5.56 Å². The van der Waals surface area contributed by atoms with Gasteiger partial charge in [-0.2, -0.15) is 0 Å². The molecule has 0 radical (unpaired) electrons. The summed E-state index contributed by atoms with van der Waals surface area (Å²) in [5, 5.41) is 3.41. The molecule has 2 aromatic rings. The summed E-state index contributed by atoms with van der Waals surface area (Å²) in [6.45, 7) is 7.83. The first-order chi connectivity index (χ1) is 13.1. The first kappa shape index (κ1) is 19.0. The number of fused-ring (bicyclic) bond motifs is 1. The SMILES string of the molecule is CCOC(=O)N1CCN(C(=NC)NCCc2cn3cccc(C)c3n2)CC1. The van der Waals surface area contributed by atoms with Gasteiger partial charge in [-0.25, -0.2) is 9.78 Å². The molecule has 3 rings (SSSR count). The molecule has 0 spiro atoms. The van der Waals surface area contributed by atoms with Crippen molar-refractivity contribution in [2.75, 3.05) is 46.4 Å². The van der Waals surface area contributed by atoms with E-state index >= 15 is 0 Å². The first-order valence-corrected chi connectivity index (χ1v) is 9.43. The second-order valence-electron chi connectivity index (χ2n) is 6.55. The molecular weight excluding hydrogens is 344 g/mol. The summed E-state index contributed by atoms with van der Waals surface area (Å²) in [5.74, 6) is 0.860. The quantitative estimate of drug-likeness (QED) is 0.651. The van der Waals surface area contributed by atoms with Crippen molar-refractivity contribution in [1.29, 1.82) is 0 Å². The summed E-state index contributed by atoms with van der Waals surface area (Å²) >= 11 is 0. The number of guanidine groups is 1. The zero-order valence-electron chi connectivity index (χ0n) is 16.3. The fraction of sp³-hybridized carbons (Fsp3) is 0.526. The van der Waals surface area contributed by atoms with Crippen LogP contribution < -0.4 is 5.32 Å². The Balaban J connectivity index is 1.49. The molecule has 146 valence electrons. The van der Waals surface area contributed by atoms with Gasteiger partial charge in [0.25, 0.3) is 0 Å². The summed E-state index contributed by atoms with van der Waals surface area (Å²) < 4.78 is 7.13. The molecule has 0 saturated carbocycles. The van der Waals surface area contributed by atoms with Crippen LogP contribution in [0.5, 0.6) is 0 Å². The Bertz CT molecular complexity index is 808. The van der Waals surface area contributed by atoms with Crippen LogP contribution in [0.2, 0.25) is 0 Å². The third-order valence-corrected chi connectivity index (χ3v) is 4.71. The standard InChI is InChI=1S/C19H28N6O2/c1-4-27-19(26)24-12-10-23(11-13-24)18(20-3)21-8-7-16-14-25-9-5-6-15(2)17(25)22-16/h5-6,9,14H,4,7-8,10-13H2,1-3H3,(H,20,21). The van der Waals surface area contributed by atoms with Gasteiger partial charge >= 0.3 is 6.09 Å². The smallest absolute Gasteiger partial charge is 0.409 e. The van der Waals surface area contributed by atoms with Crippen molar-refractivity contribution < 1.29 is 9.53 Å². The lowest BCUT2D eigenvalue weighted by atomic mass is 10.3. The third kappa shape index (κ3) is 4.50. The number of hydrogen-bond donors (Lipinski definition) is 1. The van der Waals surface area contributed by atoms with Crippen LogP contribution in [-0.2, 0) is 11.2 Å². The van der Waals surface area contributed by atoms with E-state index in [4.69, 9.17) is 9.72 Å². The number of aryl methyl sites for hydroxylation is 1. The Labute approximate surface area is 159 Å². The molecule has 0 bridgehead atoms. The van der Waals surface area contributed by atoms with E-state index in [2.05, 4.69) is 38.8 Å². The van der Waals surface area contributed by atoms with Crippen LogP contribution in [0, 0.1) is 6.92 Å². The molecule has 8 heteroatoms. The number of nitrogens with zero attached hydrogens (tertiary/aromatic N) is 5. The van der Waals surface area contributed by atoms with Gasteiger partial charge in [0.15, 0.2) is 5.96 Å². The van der Waals surface area contributed by atoms with Crippen LogP contribution in [-0.4, -0.2) is 77.6 Å². The molecule has 27 heavy (non-hydrogen) atoms. The molecule has 1 amide bonds. The van der Waals surface area contributed by atoms with Gasteiger partial charge in [-0.1, -0.05) is 6.07 Å². The zero-order valence-corrected chi connectivity index (χ0v) is 16.3. The van der Waals surface area contributed by atoms with Gasteiger partial charge in [-0.3, -0.25) is 4.99 Å². The topological polar surface area (TPSA) is 74.5 Å². The van der Waals surface area contributed by atoms with Crippen LogP contribution in [0.1, 0.15) is 18.2 Å². The summed E-state index contributed by atoms with van der Waals surface area (Å²) in [6, 6.07) is 4.10. The number of nitrogens with one attached hydrogen (secondary N) is 1. The van der Waals surface area contributed by atoms with Gasteiger partial charge in [0, 0.05) is 58.6 Å². The number of aliphatic imine (C=N–C) groups is 1. The molecule has 0 aromatic carbocycles. The Morgan fingerprint density at radius 3 is 2.70 bits per heavy atom. The molecule has 1 N–H and O–H groups in total.